The van der Waals surface area contributed by atoms with Gasteiger partial charge < -0.3 is 18.7 Å². The molecule has 2 fully saturated rings. The molecule has 4 heterocycles. The maximum absolute atomic E-state index is 12.2. The summed E-state index contributed by atoms with van der Waals surface area (Å²) in [4.78, 5) is 25.9. The Labute approximate surface area is 174 Å². The van der Waals surface area contributed by atoms with Gasteiger partial charge >= 0.3 is 0 Å². The third-order valence-electron chi connectivity index (χ3n) is 6.06. The van der Waals surface area contributed by atoms with Crippen LogP contribution in [0.1, 0.15) is 30.5 Å². The van der Waals surface area contributed by atoms with Crippen molar-refractivity contribution in [1.29, 1.82) is 0 Å². The van der Waals surface area contributed by atoms with Crippen LogP contribution in [-0.4, -0.2) is 64.0 Å². The molecule has 0 amide bonds. The number of nitrogens with zero attached hydrogens (tertiary/aromatic N) is 6. The summed E-state index contributed by atoms with van der Waals surface area (Å²) in [5.74, 6) is 1.84. The lowest BCUT2D eigenvalue weighted by atomic mass is 10.0. The number of anilines is 1. The van der Waals surface area contributed by atoms with E-state index in [1.54, 1.807) is 13.4 Å². The van der Waals surface area contributed by atoms with E-state index in [1.807, 2.05) is 18.2 Å². The van der Waals surface area contributed by atoms with Gasteiger partial charge in [-0.25, -0.2) is 4.98 Å². The van der Waals surface area contributed by atoms with Crippen LogP contribution in [0.15, 0.2) is 33.8 Å². The van der Waals surface area contributed by atoms with E-state index in [4.69, 9.17) is 9.26 Å². The zero-order valence-electron chi connectivity index (χ0n) is 17.2. The molecule has 2 aromatic heterocycles. The minimum absolute atomic E-state index is 0.0170. The molecule has 0 spiro atoms. The van der Waals surface area contributed by atoms with Gasteiger partial charge in [0.2, 0.25) is 5.89 Å². The van der Waals surface area contributed by atoms with Gasteiger partial charge in [-0.15, -0.1) is 0 Å². The van der Waals surface area contributed by atoms with Gasteiger partial charge in [0, 0.05) is 58.0 Å². The van der Waals surface area contributed by atoms with Gasteiger partial charge in [-0.2, -0.15) is 4.98 Å². The zero-order chi connectivity index (χ0) is 20.5. The number of aryl methyl sites for hydroxylation is 1. The van der Waals surface area contributed by atoms with E-state index in [-0.39, 0.29) is 5.56 Å². The maximum Gasteiger partial charge on any atom is 0.260 e. The minimum atomic E-state index is -0.0170. The molecule has 30 heavy (non-hydrogen) atoms. The Bertz CT molecular complexity index is 1080. The Morgan fingerprint density at radius 1 is 1.13 bits per heavy atom. The fourth-order valence-corrected chi connectivity index (χ4v) is 4.20. The van der Waals surface area contributed by atoms with E-state index in [9.17, 15) is 4.79 Å². The molecule has 2 aliphatic rings. The summed E-state index contributed by atoms with van der Waals surface area (Å²) in [5, 5.41) is 4.84. The highest BCUT2D eigenvalue weighted by Gasteiger charge is 2.24. The quantitative estimate of drug-likeness (QED) is 0.640. The van der Waals surface area contributed by atoms with Crippen molar-refractivity contribution in [2.75, 3.05) is 44.3 Å². The highest BCUT2D eigenvalue weighted by atomic mass is 16.5. The van der Waals surface area contributed by atoms with Crippen molar-refractivity contribution < 1.29 is 9.26 Å². The Balaban J connectivity index is 1.20. The molecule has 0 radical (unpaired) electrons. The Morgan fingerprint density at radius 3 is 2.73 bits per heavy atom. The topological polar surface area (TPSA) is 89.5 Å². The van der Waals surface area contributed by atoms with Crippen LogP contribution in [0.25, 0.3) is 10.9 Å². The summed E-state index contributed by atoms with van der Waals surface area (Å²) >= 11 is 0. The number of hydrogen-bond donors (Lipinski definition) is 0. The molecule has 9 nitrogen and oxygen atoms in total. The molecule has 2 saturated heterocycles. The predicted octanol–water partition coefficient (Wildman–Crippen LogP) is 1.53. The lowest BCUT2D eigenvalue weighted by Crippen LogP contribution is -2.46. The first-order chi connectivity index (χ1) is 14.7. The summed E-state index contributed by atoms with van der Waals surface area (Å²) in [5.41, 5.74) is 1.83. The molecule has 0 atom stereocenters. The third-order valence-corrected chi connectivity index (χ3v) is 6.06. The highest BCUT2D eigenvalue weighted by Crippen LogP contribution is 2.26. The van der Waals surface area contributed by atoms with Crippen LogP contribution < -0.4 is 10.5 Å². The Morgan fingerprint density at radius 2 is 1.93 bits per heavy atom. The number of piperazine rings is 1. The lowest BCUT2D eigenvalue weighted by molar-refractivity contribution is 0.0778. The van der Waals surface area contributed by atoms with Crippen molar-refractivity contribution in [2.24, 2.45) is 7.05 Å². The largest absolute Gasteiger partial charge is 0.381 e. The van der Waals surface area contributed by atoms with Gasteiger partial charge in [-0.05, 0) is 31.0 Å². The van der Waals surface area contributed by atoms with Crippen molar-refractivity contribution in [3.05, 3.63) is 46.6 Å². The van der Waals surface area contributed by atoms with Crippen LogP contribution >= 0.6 is 0 Å². The molecule has 3 aromatic rings. The molecule has 0 aliphatic carbocycles. The molecule has 5 rings (SSSR count). The second kappa shape index (κ2) is 8.16. The van der Waals surface area contributed by atoms with E-state index in [0.29, 0.717) is 17.8 Å². The number of benzene rings is 1. The second-order valence-corrected chi connectivity index (χ2v) is 8.06. The molecule has 0 unspecified atom stereocenters. The number of hydrogen-bond acceptors (Lipinski definition) is 8. The normalized spacial score (nSPS) is 18.9. The van der Waals surface area contributed by atoms with E-state index >= 15 is 0 Å². The third kappa shape index (κ3) is 3.82. The average Bonchev–Trinajstić information content (AvgIpc) is 3.26. The smallest absolute Gasteiger partial charge is 0.260 e. The fraction of sp³-hybridized carbons (Fsp3) is 0.524. The van der Waals surface area contributed by atoms with E-state index in [0.717, 1.165) is 75.2 Å². The maximum atomic E-state index is 12.2. The van der Waals surface area contributed by atoms with E-state index in [1.165, 1.54) is 4.57 Å². The molecule has 0 saturated carbocycles. The Kier molecular flexibility index (Phi) is 5.22. The fourth-order valence-electron chi connectivity index (χ4n) is 4.20. The van der Waals surface area contributed by atoms with Crippen LogP contribution in [0.5, 0.6) is 0 Å². The summed E-state index contributed by atoms with van der Waals surface area (Å²) in [6.07, 6.45) is 3.48. The SMILES string of the molecule is Cn1cnc2cc(N3CCN(Cc4noc(C5CCOCC5)n4)CC3)ccc2c1=O. The number of aromatic nitrogens is 4. The van der Waals surface area contributed by atoms with Crippen LogP contribution in [0.3, 0.4) is 0 Å². The zero-order valence-corrected chi connectivity index (χ0v) is 17.2. The van der Waals surface area contributed by atoms with Crippen molar-refractivity contribution in [3.63, 3.8) is 0 Å². The van der Waals surface area contributed by atoms with Crippen molar-refractivity contribution >= 4 is 16.6 Å². The number of ether oxygens (including phenoxy) is 1. The number of rotatable bonds is 4. The summed E-state index contributed by atoms with van der Waals surface area (Å²) in [6.45, 7) is 5.89. The molecule has 9 heteroatoms. The Hall–Kier alpha value is -2.78. The first kappa shape index (κ1) is 19.2. The van der Waals surface area contributed by atoms with Gasteiger partial charge in [0.25, 0.3) is 5.56 Å². The molecule has 1 aromatic carbocycles. The number of fused-ring (bicyclic) bond motifs is 1. The highest BCUT2D eigenvalue weighted by molar-refractivity contribution is 5.81. The van der Waals surface area contributed by atoms with Crippen LogP contribution in [0.4, 0.5) is 5.69 Å². The molecular formula is C21H26N6O3. The van der Waals surface area contributed by atoms with Gasteiger partial charge in [-0.3, -0.25) is 9.69 Å². The summed E-state index contributed by atoms with van der Waals surface area (Å²) < 4.78 is 12.4. The van der Waals surface area contributed by atoms with Crippen molar-refractivity contribution in [3.8, 4) is 0 Å². The summed E-state index contributed by atoms with van der Waals surface area (Å²) in [7, 11) is 1.72. The van der Waals surface area contributed by atoms with Crippen LogP contribution in [0, 0.1) is 0 Å². The molecule has 2 aliphatic heterocycles. The van der Waals surface area contributed by atoms with Crippen molar-refractivity contribution in [2.45, 2.75) is 25.3 Å². The van der Waals surface area contributed by atoms with Gasteiger partial charge in [-0.1, -0.05) is 5.16 Å². The van der Waals surface area contributed by atoms with E-state index < -0.39 is 0 Å². The first-order valence-corrected chi connectivity index (χ1v) is 10.5. The monoisotopic (exact) mass is 410 g/mol. The molecule has 0 bridgehead atoms. The minimum Gasteiger partial charge on any atom is -0.381 e. The molecule has 0 N–H and O–H groups in total. The van der Waals surface area contributed by atoms with Crippen LogP contribution in [0.2, 0.25) is 0 Å². The predicted molar refractivity (Wildman–Crippen MR) is 112 cm³/mol. The van der Waals surface area contributed by atoms with Crippen LogP contribution in [-0.2, 0) is 18.3 Å². The first-order valence-electron chi connectivity index (χ1n) is 10.5. The lowest BCUT2D eigenvalue weighted by Gasteiger charge is -2.35. The second-order valence-electron chi connectivity index (χ2n) is 8.06. The standard InChI is InChI=1S/C21H26N6O3/c1-25-14-22-18-12-16(2-3-17(18)21(25)28)27-8-6-26(7-9-27)13-19-23-20(30-24-19)15-4-10-29-11-5-15/h2-3,12,14-15H,4-11,13H2,1H3. The molecular weight excluding hydrogens is 384 g/mol. The average molecular weight is 410 g/mol. The summed E-state index contributed by atoms with van der Waals surface area (Å²) in [6, 6.07) is 5.90. The van der Waals surface area contributed by atoms with Crippen molar-refractivity contribution in [1.82, 2.24) is 24.6 Å². The van der Waals surface area contributed by atoms with Gasteiger partial charge in [0.1, 0.15) is 0 Å². The van der Waals surface area contributed by atoms with Gasteiger partial charge in [0.15, 0.2) is 5.82 Å². The van der Waals surface area contributed by atoms with Gasteiger partial charge in [0.05, 0.1) is 23.8 Å². The van der Waals surface area contributed by atoms with E-state index in [2.05, 4.69) is 24.9 Å². The molecule has 158 valence electrons.